The highest BCUT2D eigenvalue weighted by molar-refractivity contribution is 7.88. The van der Waals surface area contributed by atoms with Gasteiger partial charge < -0.3 is 24.0 Å². The maximum Gasteiger partial charge on any atom is 0.335 e. The van der Waals surface area contributed by atoms with Gasteiger partial charge in [-0.1, -0.05) is 6.07 Å². The summed E-state index contributed by atoms with van der Waals surface area (Å²) >= 11 is 0. The number of aromatic carboxylic acids is 1. The van der Waals surface area contributed by atoms with Crippen LogP contribution in [0.2, 0.25) is 0 Å². The van der Waals surface area contributed by atoms with Crippen LogP contribution in [0, 0.1) is 5.92 Å². The second kappa shape index (κ2) is 11.0. The number of carboxylic acid groups (broad SMARTS) is 1. The van der Waals surface area contributed by atoms with E-state index in [1.165, 1.54) is 10.6 Å². The first-order valence-electron chi connectivity index (χ1n) is 13.6. The van der Waals surface area contributed by atoms with Gasteiger partial charge in [0.15, 0.2) is 0 Å². The molecule has 3 aliphatic heterocycles. The summed E-state index contributed by atoms with van der Waals surface area (Å²) in [6, 6.07) is 10.8. The average molecular weight is 571 g/mol. The highest BCUT2D eigenvalue weighted by atomic mass is 32.2. The molecule has 0 amide bonds. The van der Waals surface area contributed by atoms with Crippen LogP contribution in [-0.2, 0) is 27.8 Å². The van der Waals surface area contributed by atoms with Crippen molar-refractivity contribution in [2.24, 2.45) is 5.92 Å². The first-order valence-corrected chi connectivity index (χ1v) is 15.4. The van der Waals surface area contributed by atoms with Crippen LogP contribution in [0.1, 0.15) is 22.6 Å². The molecule has 6 rings (SSSR count). The Labute approximate surface area is 233 Å². The number of benzene rings is 1. The molecule has 1 N–H and O–H groups in total. The van der Waals surface area contributed by atoms with Crippen molar-refractivity contribution < 1.29 is 27.8 Å². The number of imidazole rings is 1. The Hall–Kier alpha value is -3.26. The van der Waals surface area contributed by atoms with Crippen LogP contribution in [-0.4, -0.2) is 108 Å². The SMILES string of the molecule is CS(=O)(=O)N1CC(COc2cccc(N3CCN(Cc4nc5ccc(C(=O)O)cc5n4C[C@@H]4CCO4)CC3)n2)C1. The molecule has 13 heteroatoms. The number of piperazine rings is 1. The number of hydrogen-bond acceptors (Lipinski definition) is 9. The van der Waals surface area contributed by atoms with Crippen LogP contribution in [0.15, 0.2) is 36.4 Å². The number of pyridine rings is 1. The zero-order chi connectivity index (χ0) is 27.9. The predicted octanol–water partition coefficient (Wildman–Crippen LogP) is 1.51. The van der Waals surface area contributed by atoms with Gasteiger partial charge in [-0.2, -0.15) is 4.98 Å². The van der Waals surface area contributed by atoms with E-state index in [-0.39, 0.29) is 17.6 Å². The van der Waals surface area contributed by atoms with Gasteiger partial charge in [0, 0.05) is 57.9 Å². The number of fused-ring (bicyclic) bond motifs is 1. The molecule has 1 aromatic carbocycles. The van der Waals surface area contributed by atoms with Crippen molar-refractivity contribution in [3.05, 3.63) is 47.8 Å². The number of ether oxygens (including phenoxy) is 2. The zero-order valence-electron chi connectivity index (χ0n) is 22.5. The highest BCUT2D eigenvalue weighted by Gasteiger charge is 2.33. The lowest BCUT2D eigenvalue weighted by atomic mass is 10.1. The zero-order valence-corrected chi connectivity index (χ0v) is 23.3. The fourth-order valence-electron chi connectivity index (χ4n) is 5.36. The monoisotopic (exact) mass is 570 g/mol. The molecule has 0 aliphatic carbocycles. The Morgan fingerprint density at radius 2 is 1.90 bits per heavy atom. The summed E-state index contributed by atoms with van der Waals surface area (Å²) in [6.07, 6.45) is 2.35. The van der Waals surface area contributed by atoms with Crippen molar-refractivity contribution in [1.82, 2.24) is 23.7 Å². The Bertz CT molecular complexity index is 1490. The molecule has 3 aromatic rings. The van der Waals surface area contributed by atoms with E-state index >= 15 is 0 Å². The van der Waals surface area contributed by atoms with Crippen LogP contribution >= 0.6 is 0 Å². The van der Waals surface area contributed by atoms with Gasteiger partial charge >= 0.3 is 5.97 Å². The Morgan fingerprint density at radius 1 is 1.12 bits per heavy atom. The molecule has 3 aliphatic rings. The molecule has 1 atom stereocenters. The lowest BCUT2D eigenvalue weighted by Crippen LogP contribution is -2.51. The number of nitrogens with zero attached hydrogens (tertiary/aromatic N) is 6. The fraction of sp³-hybridized carbons (Fsp3) is 0.519. The van der Waals surface area contributed by atoms with Crippen LogP contribution in [0.4, 0.5) is 5.82 Å². The van der Waals surface area contributed by atoms with Crippen molar-refractivity contribution in [3.63, 3.8) is 0 Å². The van der Waals surface area contributed by atoms with E-state index in [0.717, 1.165) is 61.9 Å². The molecule has 0 bridgehead atoms. The van der Waals surface area contributed by atoms with E-state index in [4.69, 9.17) is 19.4 Å². The summed E-state index contributed by atoms with van der Waals surface area (Å²) in [7, 11) is -3.13. The van der Waals surface area contributed by atoms with E-state index in [9.17, 15) is 18.3 Å². The number of hydrogen-bond donors (Lipinski definition) is 1. The first-order chi connectivity index (χ1) is 19.2. The van der Waals surface area contributed by atoms with Crippen molar-refractivity contribution in [2.75, 3.05) is 63.6 Å². The number of carbonyl (C=O) groups is 1. The number of carboxylic acids is 1. The average Bonchev–Trinajstić information content (AvgIpc) is 3.21. The maximum absolute atomic E-state index is 11.6. The van der Waals surface area contributed by atoms with Gasteiger partial charge in [0.05, 0.1) is 48.7 Å². The lowest BCUT2D eigenvalue weighted by molar-refractivity contribution is -0.0592. The molecule has 12 nitrogen and oxygen atoms in total. The summed E-state index contributed by atoms with van der Waals surface area (Å²) in [6.45, 7) is 6.79. The van der Waals surface area contributed by atoms with Gasteiger partial charge in [0.2, 0.25) is 15.9 Å². The van der Waals surface area contributed by atoms with E-state index in [0.29, 0.717) is 38.7 Å². The van der Waals surface area contributed by atoms with Gasteiger partial charge in [-0.25, -0.2) is 22.5 Å². The second-order valence-corrected chi connectivity index (χ2v) is 12.8. The quantitative estimate of drug-likeness (QED) is 0.383. The minimum atomic E-state index is -3.13. The molecule has 0 saturated carbocycles. The molecule has 214 valence electrons. The van der Waals surface area contributed by atoms with E-state index < -0.39 is 16.0 Å². The molecule has 0 radical (unpaired) electrons. The molecule has 5 heterocycles. The minimum absolute atomic E-state index is 0.130. The van der Waals surface area contributed by atoms with Crippen LogP contribution in [0.25, 0.3) is 11.0 Å². The summed E-state index contributed by atoms with van der Waals surface area (Å²) in [5.74, 6) is 1.56. The molecular formula is C27H34N6O6S. The van der Waals surface area contributed by atoms with Crippen LogP contribution < -0.4 is 9.64 Å². The van der Waals surface area contributed by atoms with Crippen molar-refractivity contribution in [3.8, 4) is 5.88 Å². The number of sulfonamides is 1. The van der Waals surface area contributed by atoms with Gasteiger partial charge in [0.25, 0.3) is 0 Å². The Balaban J connectivity index is 1.07. The minimum Gasteiger partial charge on any atom is -0.478 e. The summed E-state index contributed by atoms with van der Waals surface area (Å²) in [4.78, 5) is 25.7. The number of anilines is 1. The smallest absolute Gasteiger partial charge is 0.335 e. The molecular weight excluding hydrogens is 536 g/mol. The largest absolute Gasteiger partial charge is 0.478 e. The van der Waals surface area contributed by atoms with Crippen LogP contribution in [0.3, 0.4) is 0 Å². The number of rotatable bonds is 10. The van der Waals surface area contributed by atoms with Gasteiger partial charge in [0.1, 0.15) is 11.6 Å². The third-order valence-corrected chi connectivity index (χ3v) is 9.12. The first kappa shape index (κ1) is 26.9. The van der Waals surface area contributed by atoms with Crippen LogP contribution in [0.5, 0.6) is 5.88 Å². The second-order valence-electron chi connectivity index (χ2n) is 10.8. The summed E-state index contributed by atoms with van der Waals surface area (Å²) in [5, 5.41) is 9.48. The van der Waals surface area contributed by atoms with Crippen molar-refractivity contribution in [1.29, 1.82) is 0 Å². The van der Waals surface area contributed by atoms with E-state index in [2.05, 4.69) is 14.4 Å². The summed E-state index contributed by atoms with van der Waals surface area (Å²) in [5.41, 5.74) is 1.88. The van der Waals surface area contributed by atoms with Crippen molar-refractivity contribution in [2.45, 2.75) is 25.6 Å². The topological polar surface area (TPSA) is 130 Å². The third kappa shape index (κ3) is 5.78. The van der Waals surface area contributed by atoms with E-state index in [1.807, 2.05) is 18.2 Å². The van der Waals surface area contributed by atoms with Gasteiger partial charge in [-0.05, 0) is 30.7 Å². The fourth-order valence-corrected chi connectivity index (χ4v) is 6.32. The molecule has 0 spiro atoms. The van der Waals surface area contributed by atoms with E-state index in [1.54, 1.807) is 18.2 Å². The van der Waals surface area contributed by atoms with Gasteiger partial charge in [-0.3, -0.25) is 4.90 Å². The lowest BCUT2D eigenvalue weighted by Gasteiger charge is -2.37. The van der Waals surface area contributed by atoms with Crippen molar-refractivity contribution >= 4 is 32.8 Å². The normalized spacial score (nSPS) is 20.8. The predicted molar refractivity (Wildman–Crippen MR) is 148 cm³/mol. The van der Waals surface area contributed by atoms with Gasteiger partial charge in [-0.15, -0.1) is 0 Å². The molecule has 40 heavy (non-hydrogen) atoms. The molecule has 0 unspecified atom stereocenters. The molecule has 3 fully saturated rings. The standard InChI is InChI=1S/C27H34N6O6S/c1-40(36,37)32-14-19(15-32)18-39-26-4-2-3-24(29-26)31-10-8-30(9-11-31)17-25-28-22-6-5-20(27(34)35)13-23(22)33(25)16-21-7-12-38-21/h2-6,13,19,21H,7-12,14-18H2,1H3,(H,34,35)/t21-/m0/s1. The molecule has 2 aromatic heterocycles. The highest BCUT2D eigenvalue weighted by Crippen LogP contribution is 2.25. The third-order valence-electron chi connectivity index (χ3n) is 7.88. The summed E-state index contributed by atoms with van der Waals surface area (Å²) < 4.78 is 38.3. The Kier molecular flexibility index (Phi) is 7.38. The maximum atomic E-state index is 11.6. The number of aromatic nitrogens is 3. The Morgan fingerprint density at radius 3 is 2.58 bits per heavy atom. The molecule has 3 saturated heterocycles.